The highest BCUT2D eigenvalue weighted by Gasteiger charge is 2.19. The third-order valence-electron chi connectivity index (χ3n) is 5.43. The van der Waals surface area contributed by atoms with E-state index in [1.807, 2.05) is 18.2 Å². The number of aromatic hydroxyl groups is 1. The normalized spacial score (nSPS) is 15.6. The minimum Gasteiger partial charge on any atom is -0.508 e. The van der Waals surface area contributed by atoms with E-state index in [9.17, 15) is 5.11 Å². The first-order valence-corrected chi connectivity index (χ1v) is 12.7. The molecule has 0 radical (unpaired) electrons. The number of phenols is 1. The lowest BCUT2D eigenvalue weighted by molar-refractivity contribution is 0.126. The summed E-state index contributed by atoms with van der Waals surface area (Å²) in [5, 5.41) is 10.5. The summed E-state index contributed by atoms with van der Waals surface area (Å²) in [6.45, 7) is 8.53. The Morgan fingerprint density at radius 1 is 0.931 bits per heavy atom. The predicted octanol–water partition coefficient (Wildman–Crippen LogP) is 6.11. The maximum Gasteiger partial charge on any atom is 0.120 e. The summed E-state index contributed by atoms with van der Waals surface area (Å²) in [6.07, 6.45) is 1.21. The fourth-order valence-electron chi connectivity index (χ4n) is 3.88. The molecule has 1 aliphatic rings. The predicted molar refractivity (Wildman–Crippen MR) is 128 cm³/mol. The summed E-state index contributed by atoms with van der Waals surface area (Å²) in [6, 6.07) is 16.4. The molecule has 1 fully saturated rings. The van der Waals surface area contributed by atoms with Crippen LogP contribution in [0.15, 0.2) is 48.5 Å². The van der Waals surface area contributed by atoms with Gasteiger partial charge in [0.1, 0.15) is 9.57 Å². The van der Waals surface area contributed by atoms with Gasteiger partial charge in [-0.15, -0.1) is 0 Å². The SMILES string of the molecule is CCCN1CCN(Cc2cc(-c3ssc(=S)c3-c3ccccc3)ccc2O)CC1. The van der Waals surface area contributed by atoms with Gasteiger partial charge in [0.05, 0.1) is 4.88 Å². The fourth-order valence-corrected chi connectivity index (χ4v) is 6.79. The van der Waals surface area contributed by atoms with Crippen LogP contribution in [0.2, 0.25) is 0 Å². The van der Waals surface area contributed by atoms with Crippen molar-refractivity contribution in [3.63, 3.8) is 0 Å². The second-order valence-corrected chi connectivity index (χ2v) is 10.3. The van der Waals surface area contributed by atoms with Crippen LogP contribution in [0, 0.1) is 3.82 Å². The molecule has 1 aromatic heterocycles. The summed E-state index contributed by atoms with van der Waals surface area (Å²) in [7, 11) is 3.38. The summed E-state index contributed by atoms with van der Waals surface area (Å²) in [5.74, 6) is 0.379. The minimum absolute atomic E-state index is 0.379. The number of phenolic OH excluding ortho intramolecular Hbond substituents is 1. The molecule has 1 saturated heterocycles. The van der Waals surface area contributed by atoms with Crippen LogP contribution in [-0.2, 0) is 6.54 Å². The highest BCUT2D eigenvalue weighted by atomic mass is 32.9. The molecule has 152 valence electrons. The Kier molecular flexibility index (Phi) is 6.77. The zero-order valence-corrected chi connectivity index (χ0v) is 19.1. The van der Waals surface area contributed by atoms with E-state index in [1.165, 1.54) is 17.8 Å². The molecule has 29 heavy (non-hydrogen) atoms. The number of hydrogen-bond donors (Lipinski definition) is 1. The maximum absolute atomic E-state index is 10.5. The van der Waals surface area contributed by atoms with Crippen molar-refractivity contribution in [3.05, 3.63) is 57.9 Å². The van der Waals surface area contributed by atoms with E-state index in [1.54, 1.807) is 20.7 Å². The van der Waals surface area contributed by atoms with Crippen LogP contribution in [0.4, 0.5) is 0 Å². The Morgan fingerprint density at radius 2 is 1.66 bits per heavy atom. The first-order valence-electron chi connectivity index (χ1n) is 10.1. The number of hydrogen-bond acceptors (Lipinski definition) is 6. The summed E-state index contributed by atoms with van der Waals surface area (Å²) in [5.41, 5.74) is 4.43. The van der Waals surface area contributed by atoms with Crippen LogP contribution in [0.25, 0.3) is 21.6 Å². The molecule has 0 atom stereocenters. The second-order valence-electron chi connectivity index (χ2n) is 7.49. The largest absolute Gasteiger partial charge is 0.508 e. The average Bonchev–Trinajstić information content (AvgIpc) is 3.13. The van der Waals surface area contributed by atoms with Gasteiger partial charge in [0, 0.05) is 43.9 Å². The van der Waals surface area contributed by atoms with Crippen molar-refractivity contribution in [2.24, 2.45) is 0 Å². The molecular weight excluding hydrogens is 416 g/mol. The zero-order valence-electron chi connectivity index (χ0n) is 16.6. The molecule has 0 unspecified atom stereocenters. The molecule has 2 heterocycles. The summed E-state index contributed by atoms with van der Waals surface area (Å²) in [4.78, 5) is 6.16. The molecule has 6 heteroatoms. The second kappa shape index (κ2) is 9.49. The van der Waals surface area contributed by atoms with E-state index in [0.29, 0.717) is 5.75 Å². The van der Waals surface area contributed by atoms with Crippen molar-refractivity contribution in [2.75, 3.05) is 32.7 Å². The van der Waals surface area contributed by atoms with Gasteiger partial charge in [0.15, 0.2) is 0 Å². The number of benzene rings is 2. The molecule has 2 aromatic carbocycles. The lowest BCUT2D eigenvalue weighted by Gasteiger charge is -2.34. The topological polar surface area (TPSA) is 26.7 Å². The summed E-state index contributed by atoms with van der Waals surface area (Å²) < 4.78 is 0.929. The van der Waals surface area contributed by atoms with E-state index in [0.717, 1.165) is 58.8 Å². The third-order valence-corrected chi connectivity index (χ3v) is 8.50. The number of nitrogens with zero attached hydrogens (tertiary/aromatic N) is 2. The van der Waals surface area contributed by atoms with Crippen LogP contribution < -0.4 is 0 Å². The Balaban J connectivity index is 1.58. The first-order chi connectivity index (χ1) is 14.2. The van der Waals surface area contributed by atoms with Gasteiger partial charge in [-0.3, -0.25) is 4.90 Å². The van der Waals surface area contributed by atoms with Crippen molar-refractivity contribution in [1.29, 1.82) is 0 Å². The van der Waals surface area contributed by atoms with Crippen molar-refractivity contribution < 1.29 is 5.11 Å². The smallest absolute Gasteiger partial charge is 0.120 e. The van der Waals surface area contributed by atoms with Gasteiger partial charge in [-0.1, -0.05) is 70.2 Å². The minimum atomic E-state index is 0.379. The van der Waals surface area contributed by atoms with Crippen LogP contribution in [0.5, 0.6) is 5.75 Å². The lowest BCUT2D eigenvalue weighted by atomic mass is 10.0. The Labute approximate surface area is 185 Å². The van der Waals surface area contributed by atoms with Crippen LogP contribution in [0.1, 0.15) is 18.9 Å². The van der Waals surface area contributed by atoms with Crippen LogP contribution in [-0.4, -0.2) is 47.6 Å². The highest BCUT2D eigenvalue weighted by molar-refractivity contribution is 7.80. The molecule has 0 bridgehead atoms. The van der Waals surface area contributed by atoms with E-state index in [-0.39, 0.29) is 0 Å². The molecule has 0 saturated carbocycles. The molecule has 0 aliphatic carbocycles. The molecule has 3 nitrogen and oxygen atoms in total. The zero-order chi connectivity index (χ0) is 20.2. The molecular formula is C23H26N2OS3. The van der Waals surface area contributed by atoms with Gasteiger partial charge in [-0.2, -0.15) is 0 Å². The lowest BCUT2D eigenvalue weighted by Crippen LogP contribution is -2.45. The van der Waals surface area contributed by atoms with Crippen molar-refractivity contribution >= 4 is 32.9 Å². The third kappa shape index (κ3) is 4.78. The maximum atomic E-state index is 10.5. The Morgan fingerprint density at radius 3 is 2.38 bits per heavy atom. The van der Waals surface area contributed by atoms with Gasteiger partial charge >= 0.3 is 0 Å². The van der Waals surface area contributed by atoms with Crippen LogP contribution >= 0.6 is 32.9 Å². The van der Waals surface area contributed by atoms with Crippen LogP contribution in [0.3, 0.4) is 0 Å². The van der Waals surface area contributed by atoms with Gasteiger partial charge in [0.2, 0.25) is 0 Å². The van der Waals surface area contributed by atoms with Crippen molar-refractivity contribution in [1.82, 2.24) is 9.80 Å². The van der Waals surface area contributed by atoms with Gasteiger partial charge in [-0.25, -0.2) is 0 Å². The van der Waals surface area contributed by atoms with E-state index < -0.39 is 0 Å². The van der Waals surface area contributed by atoms with Gasteiger partial charge in [0.25, 0.3) is 0 Å². The standard InChI is InChI=1S/C23H26N2OS3/c1-2-10-24-11-13-25(14-12-24)16-19-15-18(8-9-20(19)26)22-21(23(27)29-28-22)17-6-4-3-5-7-17/h3-9,15,26H,2,10-14,16H2,1H3. The van der Waals surface area contributed by atoms with Crippen molar-refractivity contribution in [3.8, 4) is 27.3 Å². The Hall–Kier alpha value is -1.57. The van der Waals surface area contributed by atoms with Gasteiger partial charge < -0.3 is 10.0 Å². The Bertz CT molecular complexity index is 1000. The first kappa shape index (κ1) is 20.7. The number of rotatable bonds is 6. The summed E-state index contributed by atoms with van der Waals surface area (Å²) >= 11 is 5.64. The molecule has 0 spiro atoms. The molecule has 1 aliphatic heterocycles. The van der Waals surface area contributed by atoms with E-state index >= 15 is 0 Å². The van der Waals surface area contributed by atoms with E-state index in [4.69, 9.17) is 12.2 Å². The molecule has 0 amide bonds. The molecule has 1 N–H and O–H groups in total. The van der Waals surface area contributed by atoms with Crippen molar-refractivity contribution in [2.45, 2.75) is 19.9 Å². The monoisotopic (exact) mass is 442 g/mol. The quantitative estimate of drug-likeness (QED) is 0.368. The fraction of sp³-hybridized carbons (Fsp3) is 0.348. The molecule has 4 rings (SSSR count). The van der Waals surface area contributed by atoms with Gasteiger partial charge in [-0.05, 0) is 42.3 Å². The van der Waals surface area contributed by atoms with E-state index in [2.05, 4.69) is 47.1 Å². The average molecular weight is 443 g/mol. The number of piperazine rings is 1. The molecule has 3 aromatic rings. The highest BCUT2D eigenvalue weighted by Crippen LogP contribution is 2.42.